The molecule has 2 aromatic heterocycles. The molecule has 0 aliphatic heterocycles. The third-order valence-electron chi connectivity index (χ3n) is 3.46. The molecule has 0 radical (unpaired) electrons. The first kappa shape index (κ1) is 18.0. The van der Waals surface area contributed by atoms with Crippen LogP contribution in [-0.4, -0.2) is 36.4 Å². The Morgan fingerprint density at radius 3 is 2.52 bits per heavy atom. The summed E-state index contributed by atoms with van der Waals surface area (Å²) < 4.78 is 12.2. The Bertz CT molecular complexity index is 921. The number of methoxy groups -OCH3 is 2. The minimum absolute atomic E-state index is 0.247. The molecule has 0 spiro atoms. The Morgan fingerprint density at radius 2 is 1.92 bits per heavy atom. The number of amides is 1. The van der Waals surface area contributed by atoms with E-state index in [-0.39, 0.29) is 5.91 Å². The van der Waals surface area contributed by atoms with E-state index in [1.807, 2.05) is 6.26 Å². The van der Waals surface area contributed by atoms with Crippen molar-refractivity contribution in [3.63, 3.8) is 0 Å². The molecule has 0 saturated carbocycles. The van der Waals surface area contributed by atoms with Crippen LogP contribution in [0.5, 0.6) is 11.5 Å². The highest BCUT2D eigenvalue weighted by atomic mass is 79.9. The average molecular weight is 440 g/mol. The van der Waals surface area contributed by atoms with E-state index in [0.29, 0.717) is 32.7 Å². The van der Waals surface area contributed by atoms with Crippen LogP contribution in [0.1, 0.15) is 10.4 Å². The van der Waals surface area contributed by atoms with Gasteiger partial charge in [-0.3, -0.25) is 4.79 Å². The Hall–Kier alpha value is -1.84. The highest BCUT2D eigenvalue weighted by Gasteiger charge is 2.18. The van der Waals surface area contributed by atoms with Crippen molar-refractivity contribution in [2.45, 2.75) is 5.03 Å². The van der Waals surface area contributed by atoms with Gasteiger partial charge in [0.05, 0.1) is 30.0 Å². The quantitative estimate of drug-likeness (QED) is 0.467. The monoisotopic (exact) mass is 439 g/mol. The molecule has 25 heavy (non-hydrogen) atoms. The van der Waals surface area contributed by atoms with Gasteiger partial charge < -0.3 is 14.8 Å². The minimum atomic E-state index is -0.247. The zero-order valence-corrected chi connectivity index (χ0v) is 16.8. The lowest BCUT2D eigenvalue weighted by Gasteiger charge is -2.12. The number of carbonyl (C=O) groups is 1. The first-order valence-corrected chi connectivity index (χ1v) is 9.97. The molecular weight excluding hydrogens is 426 g/mol. The molecule has 1 aromatic carbocycles. The van der Waals surface area contributed by atoms with Crippen LogP contribution in [0.2, 0.25) is 0 Å². The number of anilines is 1. The van der Waals surface area contributed by atoms with E-state index in [2.05, 4.69) is 31.2 Å². The molecule has 3 aromatic rings. The maximum absolute atomic E-state index is 12.7. The maximum atomic E-state index is 12.7. The summed E-state index contributed by atoms with van der Waals surface area (Å²) in [6.45, 7) is 0. The first-order chi connectivity index (χ1) is 12.1. The molecule has 0 aliphatic carbocycles. The number of fused-ring (bicyclic) bond motifs is 1. The lowest BCUT2D eigenvalue weighted by Crippen LogP contribution is -2.12. The van der Waals surface area contributed by atoms with Gasteiger partial charge in [-0.2, -0.15) is 0 Å². The van der Waals surface area contributed by atoms with Crippen molar-refractivity contribution in [2.24, 2.45) is 0 Å². The standard InChI is InChI=1S/C16H14BrN3O3S2/c1-22-10-4-8(5-11(23-2)12(10)17)20-15(21)9-6-25-14-13(9)18-7-19-16(14)24-3/h4-7H,1-3H3,(H,20,21). The second-order valence-electron chi connectivity index (χ2n) is 4.86. The zero-order chi connectivity index (χ0) is 18.0. The highest BCUT2D eigenvalue weighted by molar-refractivity contribution is 9.10. The van der Waals surface area contributed by atoms with Crippen molar-refractivity contribution in [3.8, 4) is 11.5 Å². The summed E-state index contributed by atoms with van der Waals surface area (Å²) in [6, 6.07) is 3.45. The van der Waals surface area contributed by atoms with Crippen LogP contribution in [0.3, 0.4) is 0 Å². The minimum Gasteiger partial charge on any atom is -0.495 e. The molecule has 0 aliphatic rings. The fourth-order valence-electron chi connectivity index (χ4n) is 2.28. The van der Waals surface area contributed by atoms with Gasteiger partial charge in [-0.05, 0) is 22.2 Å². The molecule has 0 bridgehead atoms. The summed E-state index contributed by atoms with van der Waals surface area (Å²) in [7, 11) is 3.11. The second kappa shape index (κ2) is 7.59. The number of hydrogen-bond donors (Lipinski definition) is 1. The lowest BCUT2D eigenvalue weighted by atomic mass is 10.2. The van der Waals surface area contributed by atoms with E-state index >= 15 is 0 Å². The summed E-state index contributed by atoms with van der Waals surface area (Å²) >= 11 is 6.40. The fraction of sp³-hybridized carbons (Fsp3) is 0.188. The number of ether oxygens (including phenoxy) is 2. The number of nitrogens with one attached hydrogen (secondary N) is 1. The maximum Gasteiger partial charge on any atom is 0.258 e. The van der Waals surface area contributed by atoms with Gasteiger partial charge in [0.15, 0.2) is 0 Å². The number of aromatic nitrogens is 2. The summed E-state index contributed by atoms with van der Waals surface area (Å²) in [5.41, 5.74) is 1.73. The number of nitrogens with zero attached hydrogens (tertiary/aromatic N) is 2. The predicted molar refractivity (Wildman–Crippen MR) is 104 cm³/mol. The Morgan fingerprint density at radius 1 is 1.24 bits per heavy atom. The predicted octanol–water partition coefficient (Wildman–Crippen LogP) is 4.45. The second-order valence-corrected chi connectivity index (χ2v) is 7.33. The van der Waals surface area contributed by atoms with Crippen LogP contribution in [0.4, 0.5) is 5.69 Å². The number of thiophene rings is 1. The van der Waals surface area contributed by atoms with Crippen molar-refractivity contribution in [3.05, 3.63) is 33.9 Å². The summed E-state index contributed by atoms with van der Waals surface area (Å²) in [5.74, 6) is 0.886. The van der Waals surface area contributed by atoms with Crippen LogP contribution in [0, 0.1) is 0 Å². The van der Waals surface area contributed by atoms with Crippen molar-refractivity contribution in [1.82, 2.24) is 9.97 Å². The molecule has 1 N–H and O–H groups in total. The molecule has 3 rings (SSSR count). The summed E-state index contributed by atoms with van der Waals surface area (Å²) in [4.78, 5) is 21.2. The van der Waals surface area contributed by atoms with Crippen LogP contribution in [0.25, 0.3) is 10.2 Å². The van der Waals surface area contributed by atoms with Gasteiger partial charge >= 0.3 is 0 Å². The smallest absolute Gasteiger partial charge is 0.258 e. The van der Waals surface area contributed by atoms with E-state index in [1.165, 1.54) is 29.4 Å². The zero-order valence-electron chi connectivity index (χ0n) is 13.6. The number of halogens is 1. The molecular formula is C16H14BrN3O3S2. The van der Waals surface area contributed by atoms with Gasteiger partial charge in [0, 0.05) is 23.2 Å². The molecule has 0 unspecified atom stereocenters. The molecule has 2 heterocycles. The summed E-state index contributed by atoms with van der Waals surface area (Å²) in [6.07, 6.45) is 3.42. The lowest BCUT2D eigenvalue weighted by molar-refractivity contribution is 0.102. The van der Waals surface area contributed by atoms with Crippen LogP contribution >= 0.6 is 39.0 Å². The number of hydrogen-bond acceptors (Lipinski definition) is 7. The van der Waals surface area contributed by atoms with E-state index in [9.17, 15) is 4.79 Å². The van der Waals surface area contributed by atoms with Crippen LogP contribution < -0.4 is 14.8 Å². The molecule has 1 amide bonds. The molecule has 0 saturated heterocycles. The van der Waals surface area contributed by atoms with Crippen LogP contribution in [-0.2, 0) is 0 Å². The molecule has 9 heteroatoms. The molecule has 0 atom stereocenters. The van der Waals surface area contributed by atoms with Gasteiger partial charge in [-0.25, -0.2) is 9.97 Å². The third kappa shape index (κ3) is 3.44. The van der Waals surface area contributed by atoms with Gasteiger partial charge in [0.1, 0.15) is 27.3 Å². The topological polar surface area (TPSA) is 73.3 Å². The van der Waals surface area contributed by atoms with Gasteiger partial charge in [0.2, 0.25) is 0 Å². The first-order valence-electron chi connectivity index (χ1n) is 7.08. The van der Waals surface area contributed by atoms with Crippen molar-refractivity contribution >= 4 is 60.8 Å². The summed E-state index contributed by atoms with van der Waals surface area (Å²) in [5, 5.41) is 5.53. The van der Waals surface area contributed by atoms with E-state index in [4.69, 9.17) is 9.47 Å². The van der Waals surface area contributed by atoms with Gasteiger partial charge in [-0.15, -0.1) is 23.1 Å². The van der Waals surface area contributed by atoms with E-state index < -0.39 is 0 Å². The van der Waals surface area contributed by atoms with Gasteiger partial charge in [0.25, 0.3) is 5.91 Å². The Kier molecular flexibility index (Phi) is 5.45. The highest BCUT2D eigenvalue weighted by Crippen LogP contribution is 2.38. The fourth-order valence-corrected chi connectivity index (χ4v) is 4.54. The number of benzene rings is 1. The number of thioether (sulfide) groups is 1. The van der Waals surface area contributed by atoms with Gasteiger partial charge in [-0.1, -0.05) is 0 Å². The molecule has 130 valence electrons. The van der Waals surface area contributed by atoms with Crippen molar-refractivity contribution in [2.75, 3.05) is 25.8 Å². The SMILES string of the molecule is COc1cc(NC(=O)c2csc3c(SC)ncnc23)cc(OC)c1Br. The van der Waals surface area contributed by atoms with Crippen LogP contribution in [0.15, 0.2) is 33.3 Å². The Labute approximate surface area is 161 Å². The number of rotatable bonds is 5. The van der Waals surface area contributed by atoms with Crippen molar-refractivity contribution < 1.29 is 14.3 Å². The van der Waals surface area contributed by atoms with E-state index in [1.54, 1.807) is 31.7 Å². The third-order valence-corrected chi connectivity index (χ3v) is 6.05. The molecule has 6 nitrogen and oxygen atoms in total. The molecule has 0 fully saturated rings. The Balaban J connectivity index is 1.96. The average Bonchev–Trinajstić information content (AvgIpc) is 3.07. The number of carbonyl (C=O) groups excluding carboxylic acids is 1. The van der Waals surface area contributed by atoms with E-state index in [0.717, 1.165) is 9.73 Å². The van der Waals surface area contributed by atoms with Crippen molar-refractivity contribution in [1.29, 1.82) is 0 Å². The largest absolute Gasteiger partial charge is 0.495 e. The normalized spacial score (nSPS) is 10.7.